The average molecular weight is 590 g/mol. The Morgan fingerprint density at radius 1 is 0.977 bits per heavy atom. The highest BCUT2D eigenvalue weighted by Gasteiger charge is 2.45. The Labute approximate surface area is 253 Å². The van der Waals surface area contributed by atoms with Gasteiger partial charge in [0.2, 0.25) is 11.8 Å². The SMILES string of the molecule is Cn1nnc(C(c2ccccc2)N2C[C@H]3CC[C@@H](C2)N3C(=O)c2cc(-c3nc4cc(NC(=O)C5CC5)ccc4o3)ccn2)n1. The summed E-state index contributed by atoms with van der Waals surface area (Å²) < 4.78 is 6.03. The molecule has 2 aliphatic heterocycles. The molecule has 8 rings (SSSR count). The predicted octanol–water partition coefficient (Wildman–Crippen LogP) is 3.84. The number of likely N-dealkylation sites (tertiary alicyclic amines) is 1. The van der Waals surface area contributed by atoms with E-state index in [1.165, 1.54) is 4.80 Å². The van der Waals surface area contributed by atoms with Gasteiger partial charge in [-0.2, -0.15) is 4.80 Å². The number of nitrogens with zero attached hydrogens (tertiary/aromatic N) is 8. The number of fused-ring (bicyclic) bond motifs is 3. The van der Waals surface area contributed by atoms with Crippen LogP contribution in [0.5, 0.6) is 0 Å². The van der Waals surface area contributed by atoms with E-state index in [-0.39, 0.29) is 35.9 Å². The predicted molar refractivity (Wildman–Crippen MR) is 160 cm³/mol. The summed E-state index contributed by atoms with van der Waals surface area (Å²) in [7, 11) is 1.77. The highest BCUT2D eigenvalue weighted by Crippen LogP contribution is 2.37. The van der Waals surface area contributed by atoms with Gasteiger partial charge < -0.3 is 14.6 Å². The lowest BCUT2D eigenvalue weighted by atomic mass is 10.0. The van der Waals surface area contributed by atoms with Gasteiger partial charge in [0.25, 0.3) is 5.91 Å². The van der Waals surface area contributed by atoms with Gasteiger partial charge in [-0.05, 0) is 66.8 Å². The summed E-state index contributed by atoms with van der Waals surface area (Å²) >= 11 is 0. The molecule has 1 unspecified atom stereocenters. The van der Waals surface area contributed by atoms with E-state index in [1.807, 2.05) is 35.2 Å². The summed E-state index contributed by atoms with van der Waals surface area (Å²) in [5.74, 6) is 1.13. The molecule has 3 aromatic heterocycles. The topological polar surface area (TPSA) is 135 Å². The maximum atomic E-state index is 14.0. The van der Waals surface area contributed by atoms with E-state index in [0.717, 1.165) is 31.2 Å². The number of hydrogen-bond donors (Lipinski definition) is 1. The van der Waals surface area contributed by atoms with Crippen molar-refractivity contribution in [1.82, 2.24) is 40.0 Å². The summed E-state index contributed by atoms with van der Waals surface area (Å²) in [5, 5.41) is 15.9. The van der Waals surface area contributed by atoms with Crippen LogP contribution in [0.25, 0.3) is 22.6 Å². The molecule has 5 aromatic rings. The number of nitrogens with one attached hydrogen (secondary N) is 1. The maximum Gasteiger partial charge on any atom is 0.273 e. The normalized spacial score (nSPS) is 20.6. The minimum Gasteiger partial charge on any atom is -0.436 e. The Morgan fingerprint density at radius 3 is 2.50 bits per heavy atom. The van der Waals surface area contributed by atoms with Crippen molar-refractivity contribution >= 4 is 28.6 Å². The van der Waals surface area contributed by atoms with E-state index in [1.54, 1.807) is 31.4 Å². The zero-order chi connectivity index (χ0) is 29.8. The second-order valence-electron chi connectivity index (χ2n) is 11.9. The number of tetrazole rings is 1. The summed E-state index contributed by atoms with van der Waals surface area (Å²) in [4.78, 5) is 41.1. The molecular weight excluding hydrogens is 558 g/mol. The smallest absolute Gasteiger partial charge is 0.273 e. The molecule has 5 heterocycles. The molecule has 2 aromatic carbocycles. The van der Waals surface area contributed by atoms with Crippen molar-refractivity contribution in [2.45, 2.75) is 43.8 Å². The Bertz CT molecular complexity index is 1850. The van der Waals surface area contributed by atoms with E-state index in [0.29, 0.717) is 52.8 Å². The lowest BCUT2D eigenvalue weighted by Crippen LogP contribution is -2.56. The lowest BCUT2D eigenvalue weighted by molar-refractivity contribution is -0.117. The first kappa shape index (κ1) is 26.6. The number of aromatic nitrogens is 6. The van der Waals surface area contributed by atoms with Crippen molar-refractivity contribution in [3.63, 3.8) is 0 Å². The Balaban J connectivity index is 1.02. The van der Waals surface area contributed by atoms with Crippen molar-refractivity contribution in [2.75, 3.05) is 18.4 Å². The first-order valence-electron chi connectivity index (χ1n) is 15.0. The second-order valence-corrected chi connectivity index (χ2v) is 11.9. The molecule has 3 aliphatic rings. The van der Waals surface area contributed by atoms with E-state index in [2.05, 4.69) is 47.7 Å². The third kappa shape index (κ3) is 4.90. The summed E-state index contributed by atoms with van der Waals surface area (Å²) in [6.07, 6.45) is 5.36. The van der Waals surface area contributed by atoms with Crippen molar-refractivity contribution < 1.29 is 14.0 Å². The molecule has 2 bridgehead atoms. The van der Waals surface area contributed by atoms with Gasteiger partial charge in [0.05, 0.1) is 13.1 Å². The largest absolute Gasteiger partial charge is 0.436 e. The number of anilines is 1. The molecule has 3 atom stereocenters. The van der Waals surface area contributed by atoms with E-state index in [4.69, 9.17) is 4.42 Å². The van der Waals surface area contributed by atoms with Crippen LogP contribution in [0, 0.1) is 5.92 Å². The van der Waals surface area contributed by atoms with E-state index < -0.39 is 0 Å². The average Bonchev–Trinajstić information content (AvgIpc) is 3.60. The molecule has 12 nitrogen and oxygen atoms in total. The van der Waals surface area contributed by atoms with Crippen LogP contribution in [-0.4, -0.2) is 77.0 Å². The number of aryl methyl sites for hydroxylation is 1. The molecule has 1 saturated carbocycles. The van der Waals surface area contributed by atoms with Crippen molar-refractivity contribution in [2.24, 2.45) is 13.0 Å². The molecule has 0 radical (unpaired) electrons. The third-order valence-electron chi connectivity index (χ3n) is 8.82. The number of hydrogen-bond acceptors (Lipinski definition) is 9. The molecule has 2 amide bonds. The van der Waals surface area contributed by atoms with Crippen LogP contribution >= 0.6 is 0 Å². The first-order valence-corrected chi connectivity index (χ1v) is 15.0. The van der Waals surface area contributed by atoms with Gasteiger partial charge in [0.15, 0.2) is 11.4 Å². The van der Waals surface area contributed by atoms with Gasteiger partial charge in [0, 0.05) is 48.5 Å². The number of rotatable bonds is 7. The maximum absolute atomic E-state index is 14.0. The molecule has 3 fully saturated rings. The number of amides is 2. The number of carbonyl (C=O) groups is 2. The van der Waals surface area contributed by atoms with Gasteiger partial charge in [-0.3, -0.25) is 19.5 Å². The van der Waals surface area contributed by atoms with Crippen LogP contribution < -0.4 is 5.32 Å². The fourth-order valence-electron chi connectivity index (χ4n) is 6.58. The Hall–Kier alpha value is -4.97. The highest BCUT2D eigenvalue weighted by atomic mass is 16.3. The van der Waals surface area contributed by atoms with Crippen LogP contribution in [0.2, 0.25) is 0 Å². The number of pyridine rings is 1. The summed E-state index contributed by atoms with van der Waals surface area (Å²) in [6.45, 7) is 1.40. The lowest BCUT2D eigenvalue weighted by Gasteiger charge is -2.43. The van der Waals surface area contributed by atoms with Crippen LogP contribution in [0.3, 0.4) is 0 Å². The van der Waals surface area contributed by atoms with Crippen molar-refractivity contribution in [3.8, 4) is 11.5 Å². The summed E-state index contributed by atoms with van der Waals surface area (Å²) in [6, 6.07) is 19.1. The van der Waals surface area contributed by atoms with Crippen LogP contribution in [0.4, 0.5) is 5.69 Å². The van der Waals surface area contributed by atoms with Gasteiger partial charge in [-0.25, -0.2) is 4.98 Å². The molecule has 1 aliphatic carbocycles. The minimum absolute atomic E-state index is 0.0427. The van der Waals surface area contributed by atoms with Gasteiger partial charge in [-0.1, -0.05) is 30.3 Å². The fraction of sp³-hybridized carbons (Fsp3) is 0.344. The minimum atomic E-state index is -0.145. The molecule has 12 heteroatoms. The number of oxazole rings is 1. The van der Waals surface area contributed by atoms with Crippen molar-refractivity contribution in [1.29, 1.82) is 0 Å². The molecular formula is C32H31N9O3. The number of piperazine rings is 1. The van der Waals surface area contributed by atoms with Gasteiger partial charge in [0.1, 0.15) is 11.2 Å². The Morgan fingerprint density at radius 2 is 1.77 bits per heavy atom. The molecule has 2 saturated heterocycles. The summed E-state index contributed by atoms with van der Waals surface area (Å²) in [5.41, 5.74) is 4.07. The van der Waals surface area contributed by atoms with Crippen molar-refractivity contribution in [3.05, 3.63) is 83.9 Å². The molecule has 44 heavy (non-hydrogen) atoms. The van der Waals surface area contributed by atoms with Gasteiger partial charge in [-0.15, -0.1) is 10.2 Å². The van der Waals surface area contributed by atoms with E-state index >= 15 is 0 Å². The number of benzene rings is 2. The van der Waals surface area contributed by atoms with Crippen LogP contribution in [0.15, 0.2) is 71.3 Å². The first-order chi connectivity index (χ1) is 21.5. The third-order valence-corrected chi connectivity index (χ3v) is 8.82. The quantitative estimate of drug-likeness (QED) is 0.300. The highest BCUT2D eigenvalue weighted by molar-refractivity contribution is 5.96. The molecule has 0 spiro atoms. The van der Waals surface area contributed by atoms with E-state index in [9.17, 15) is 9.59 Å². The van der Waals surface area contributed by atoms with Crippen LogP contribution in [-0.2, 0) is 11.8 Å². The molecule has 222 valence electrons. The zero-order valence-electron chi connectivity index (χ0n) is 24.2. The fourth-order valence-corrected chi connectivity index (χ4v) is 6.58. The standard InChI is InChI=1S/C32H31N9O3/c1-39-37-29(36-38-39)28(19-5-3-2-4-6-19)40-17-23-10-11-24(18-40)41(23)32(43)26-15-21(13-14-33-26)31-35-25-16-22(9-12-27(25)44-31)34-30(42)20-7-8-20/h2-6,9,12-16,20,23-24,28H,7-8,10-11,17-18H2,1H3,(H,34,42)/t23-,24+,28?. The molecule has 1 N–H and O–H groups in total. The monoisotopic (exact) mass is 589 g/mol. The van der Waals surface area contributed by atoms with Gasteiger partial charge >= 0.3 is 0 Å². The Kier molecular flexibility index (Phi) is 6.44. The zero-order valence-corrected chi connectivity index (χ0v) is 24.2. The second kappa shape index (κ2) is 10.6. The number of carbonyl (C=O) groups excluding carboxylic acids is 2. The van der Waals surface area contributed by atoms with Crippen LogP contribution in [0.1, 0.15) is 53.6 Å².